The van der Waals surface area contributed by atoms with Crippen molar-refractivity contribution in [2.45, 2.75) is 55.9 Å². The second kappa shape index (κ2) is 11.6. The van der Waals surface area contributed by atoms with E-state index in [1.807, 2.05) is 12.1 Å². The molecule has 0 radical (unpaired) electrons. The largest absolute Gasteiger partial charge is 0.350 e. The molecule has 0 saturated heterocycles. The Bertz CT molecular complexity index is 1200. The van der Waals surface area contributed by atoms with Gasteiger partial charge in [-0.3, -0.25) is 4.79 Å². The second-order valence-electron chi connectivity index (χ2n) is 10.1. The fourth-order valence-electron chi connectivity index (χ4n) is 5.26. The van der Waals surface area contributed by atoms with Crippen molar-refractivity contribution in [2.75, 3.05) is 25.9 Å². The van der Waals surface area contributed by atoms with Crippen molar-refractivity contribution in [1.29, 1.82) is 0 Å². The number of benzene rings is 2. The Morgan fingerprint density at radius 1 is 1.00 bits per heavy atom. The maximum absolute atomic E-state index is 13.3. The minimum Gasteiger partial charge on any atom is -0.350 e. The van der Waals surface area contributed by atoms with Gasteiger partial charge in [-0.15, -0.1) is 0 Å². The van der Waals surface area contributed by atoms with Gasteiger partial charge in [0.2, 0.25) is 5.91 Å². The van der Waals surface area contributed by atoms with Gasteiger partial charge in [0.1, 0.15) is 11.6 Å². The molecule has 1 saturated carbocycles. The number of hydrogen-bond donors (Lipinski definition) is 1. The van der Waals surface area contributed by atoms with Crippen LogP contribution < -0.4 is 5.32 Å². The summed E-state index contributed by atoms with van der Waals surface area (Å²) in [5.41, 5.74) is 2.71. The average Bonchev–Trinajstić information content (AvgIpc) is 3.03. The monoisotopic (exact) mass is 516 g/mol. The minimum atomic E-state index is -3.19. The quantitative estimate of drug-likeness (QED) is 0.549. The number of hydrogen-bond acceptors (Lipinski definition) is 4. The molecular formula is C28H34F2N2O3S. The Labute approximate surface area is 212 Å². The fraction of sp³-hybridized carbons (Fsp3) is 0.464. The molecule has 1 N–H and O–H groups in total. The van der Waals surface area contributed by atoms with E-state index in [0.717, 1.165) is 76.2 Å². The standard InChI is InChI=1S/C28H34F2N2O3S/c1-36(34,35)27-8-5-22-11-14-32(15-12-23(22)18-27)13-10-20-2-6-26(7-3-20)31-28(33)9-4-21-16-24(29)19-25(30)17-21/h4-5,8-9,16-20,26H,2-3,6-7,10-15H2,1H3,(H,31,33)/b9-4+. The van der Waals surface area contributed by atoms with Gasteiger partial charge in [0, 0.05) is 37.5 Å². The maximum atomic E-state index is 13.3. The van der Waals surface area contributed by atoms with Crippen LogP contribution in [0.3, 0.4) is 0 Å². The van der Waals surface area contributed by atoms with Gasteiger partial charge in [0.15, 0.2) is 9.84 Å². The molecule has 5 nitrogen and oxygen atoms in total. The van der Waals surface area contributed by atoms with Crippen LogP contribution in [-0.2, 0) is 27.5 Å². The van der Waals surface area contributed by atoms with E-state index in [9.17, 15) is 22.0 Å². The van der Waals surface area contributed by atoms with E-state index in [0.29, 0.717) is 16.4 Å². The Morgan fingerprint density at radius 3 is 2.33 bits per heavy atom. The predicted molar refractivity (Wildman–Crippen MR) is 137 cm³/mol. The van der Waals surface area contributed by atoms with Gasteiger partial charge >= 0.3 is 0 Å². The molecule has 2 aliphatic rings. The lowest BCUT2D eigenvalue weighted by atomic mass is 9.84. The van der Waals surface area contributed by atoms with Crippen LogP contribution in [0.4, 0.5) is 8.78 Å². The number of rotatable bonds is 7. The first-order chi connectivity index (χ1) is 17.2. The number of amides is 1. The molecule has 2 aromatic carbocycles. The van der Waals surface area contributed by atoms with Crippen LogP contribution >= 0.6 is 0 Å². The summed E-state index contributed by atoms with van der Waals surface area (Å²) < 4.78 is 50.3. The summed E-state index contributed by atoms with van der Waals surface area (Å²) in [6.07, 6.45) is 10.9. The highest BCUT2D eigenvalue weighted by atomic mass is 32.2. The number of fused-ring (bicyclic) bond motifs is 1. The van der Waals surface area contributed by atoms with Gasteiger partial charge in [-0.1, -0.05) is 6.07 Å². The van der Waals surface area contributed by atoms with E-state index in [-0.39, 0.29) is 11.9 Å². The molecule has 0 spiro atoms. The highest BCUT2D eigenvalue weighted by Gasteiger charge is 2.23. The summed E-state index contributed by atoms with van der Waals surface area (Å²) in [5, 5.41) is 3.01. The van der Waals surface area contributed by atoms with Crippen LogP contribution in [0.1, 0.15) is 48.8 Å². The summed E-state index contributed by atoms with van der Waals surface area (Å²) in [6.45, 7) is 2.95. The smallest absolute Gasteiger partial charge is 0.244 e. The highest BCUT2D eigenvalue weighted by molar-refractivity contribution is 7.90. The number of carbonyl (C=O) groups is 1. The molecule has 1 amide bonds. The van der Waals surface area contributed by atoms with Crippen molar-refractivity contribution in [1.82, 2.24) is 10.2 Å². The van der Waals surface area contributed by atoms with E-state index in [4.69, 9.17) is 0 Å². The Balaban J connectivity index is 1.18. The Morgan fingerprint density at radius 2 is 1.67 bits per heavy atom. The molecule has 8 heteroatoms. The lowest BCUT2D eigenvalue weighted by Gasteiger charge is -2.30. The zero-order valence-corrected chi connectivity index (χ0v) is 21.5. The van der Waals surface area contributed by atoms with Crippen LogP contribution in [0.5, 0.6) is 0 Å². The number of nitrogens with one attached hydrogen (secondary N) is 1. The van der Waals surface area contributed by atoms with Crippen LogP contribution in [0.25, 0.3) is 6.08 Å². The molecular weight excluding hydrogens is 482 g/mol. The third-order valence-electron chi connectivity index (χ3n) is 7.36. The summed E-state index contributed by atoms with van der Waals surface area (Å²) in [7, 11) is -3.19. The minimum absolute atomic E-state index is 0.124. The summed E-state index contributed by atoms with van der Waals surface area (Å²) in [6, 6.07) is 8.84. The molecule has 1 fully saturated rings. The van der Waals surface area contributed by atoms with Crippen LogP contribution in [0.15, 0.2) is 47.4 Å². The molecule has 0 atom stereocenters. The zero-order valence-electron chi connectivity index (χ0n) is 20.7. The number of sulfone groups is 1. The van der Waals surface area contributed by atoms with E-state index in [2.05, 4.69) is 10.2 Å². The molecule has 0 bridgehead atoms. The predicted octanol–water partition coefficient (Wildman–Crippen LogP) is 4.55. The number of nitrogens with zero attached hydrogens (tertiary/aromatic N) is 1. The highest BCUT2D eigenvalue weighted by Crippen LogP contribution is 2.28. The maximum Gasteiger partial charge on any atom is 0.244 e. The van der Waals surface area contributed by atoms with E-state index in [1.54, 1.807) is 6.07 Å². The Kier molecular flexibility index (Phi) is 8.57. The second-order valence-corrected chi connectivity index (χ2v) is 12.1. The lowest BCUT2D eigenvalue weighted by molar-refractivity contribution is -0.117. The van der Waals surface area contributed by atoms with E-state index < -0.39 is 21.5 Å². The average molecular weight is 517 g/mol. The summed E-state index contributed by atoms with van der Waals surface area (Å²) in [4.78, 5) is 15.1. The number of carbonyl (C=O) groups excluding carboxylic acids is 1. The molecule has 2 aromatic rings. The molecule has 0 aromatic heterocycles. The van der Waals surface area contributed by atoms with Crippen molar-refractivity contribution < 1.29 is 22.0 Å². The zero-order chi connectivity index (χ0) is 25.7. The van der Waals surface area contributed by atoms with Crippen molar-refractivity contribution in [3.8, 4) is 0 Å². The van der Waals surface area contributed by atoms with Crippen LogP contribution in [-0.4, -0.2) is 51.2 Å². The first kappa shape index (κ1) is 26.5. The molecule has 0 unspecified atom stereocenters. The third kappa shape index (κ3) is 7.46. The number of halogens is 2. The van der Waals surface area contributed by atoms with Gasteiger partial charge in [0.25, 0.3) is 0 Å². The molecule has 194 valence electrons. The first-order valence-electron chi connectivity index (χ1n) is 12.6. The van der Waals surface area contributed by atoms with E-state index in [1.165, 1.54) is 36.1 Å². The van der Waals surface area contributed by atoms with E-state index >= 15 is 0 Å². The van der Waals surface area contributed by atoms with Crippen molar-refractivity contribution in [2.24, 2.45) is 5.92 Å². The van der Waals surface area contributed by atoms with Crippen molar-refractivity contribution in [3.05, 3.63) is 70.8 Å². The molecule has 1 aliphatic carbocycles. The van der Waals surface area contributed by atoms with Gasteiger partial charge in [-0.2, -0.15) is 0 Å². The van der Waals surface area contributed by atoms with Crippen molar-refractivity contribution in [3.63, 3.8) is 0 Å². The van der Waals surface area contributed by atoms with Crippen LogP contribution in [0, 0.1) is 17.6 Å². The summed E-state index contributed by atoms with van der Waals surface area (Å²) >= 11 is 0. The van der Waals surface area contributed by atoms with Gasteiger partial charge < -0.3 is 10.2 Å². The SMILES string of the molecule is CS(=O)(=O)c1ccc2c(c1)CCN(CCC1CCC(NC(=O)/C=C/c3cc(F)cc(F)c3)CC1)CC2. The van der Waals surface area contributed by atoms with Gasteiger partial charge in [0.05, 0.1) is 4.90 Å². The molecule has 36 heavy (non-hydrogen) atoms. The topological polar surface area (TPSA) is 66.5 Å². The molecule has 4 rings (SSSR count). The van der Waals surface area contributed by atoms with Gasteiger partial charge in [-0.05, 0) is 104 Å². The first-order valence-corrected chi connectivity index (χ1v) is 14.5. The third-order valence-corrected chi connectivity index (χ3v) is 8.47. The van der Waals surface area contributed by atoms with Gasteiger partial charge in [-0.25, -0.2) is 17.2 Å². The fourth-order valence-corrected chi connectivity index (χ4v) is 5.93. The van der Waals surface area contributed by atoms with Crippen molar-refractivity contribution >= 4 is 21.8 Å². The molecule has 1 heterocycles. The Hall–Kier alpha value is -2.58. The summed E-state index contributed by atoms with van der Waals surface area (Å²) in [5.74, 6) is -0.948. The van der Waals surface area contributed by atoms with Crippen LogP contribution in [0.2, 0.25) is 0 Å². The lowest BCUT2D eigenvalue weighted by Crippen LogP contribution is -2.37. The molecule has 1 aliphatic heterocycles. The normalized spacial score (nSPS) is 21.2.